The van der Waals surface area contributed by atoms with E-state index >= 15 is 0 Å². The molecule has 0 saturated heterocycles. The van der Waals surface area contributed by atoms with Crippen LogP contribution in [-0.2, 0) is 0 Å². The lowest BCUT2D eigenvalue weighted by atomic mass is 10.2. The maximum atomic E-state index is 11.7. The predicted octanol–water partition coefficient (Wildman–Crippen LogP) is 3.46. The van der Waals surface area contributed by atoms with Gasteiger partial charge in [-0.25, -0.2) is 0 Å². The van der Waals surface area contributed by atoms with Gasteiger partial charge in [0.25, 0.3) is 0 Å². The Morgan fingerprint density at radius 2 is 1.32 bits per heavy atom. The van der Waals surface area contributed by atoms with Crippen molar-refractivity contribution >= 4 is 17.1 Å². The molecule has 3 heterocycles. The number of aromatic nitrogens is 2. The van der Waals surface area contributed by atoms with Gasteiger partial charge in [0.15, 0.2) is 0 Å². The summed E-state index contributed by atoms with van der Waals surface area (Å²) in [7, 11) is 0. The first kappa shape index (κ1) is 13.1. The van der Waals surface area contributed by atoms with Crippen molar-refractivity contribution in [2.45, 2.75) is 0 Å². The van der Waals surface area contributed by atoms with Crippen LogP contribution in [0.25, 0.3) is 0 Å². The molecular weight excluding hydrogens is 256 g/mol. The third-order valence-corrected chi connectivity index (χ3v) is 2.85. The van der Waals surface area contributed by atoms with Crippen LogP contribution in [0.15, 0.2) is 71.7 Å². The lowest BCUT2D eigenvalue weighted by Crippen LogP contribution is -2.05. The summed E-state index contributed by atoms with van der Waals surface area (Å²) < 4.78 is 0. The van der Waals surface area contributed by atoms with Crippen LogP contribution in [-0.4, -0.2) is 15.8 Å². The fourth-order valence-corrected chi connectivity index (χ4v) is 1.81. The predicted molar refractivity (Wildman–Crippen MR) is 76.2 cm³/mol. The molecule has 3 aromatic heterocycles. The van der Waals surface area contributed by atoms with Crippen molar-refractivity contribution in [2.75, 3.05) is 0 Å². The van der Waals surface area contributed by atoms with Crippen LogP contribution in [0.5, 0.6) is 0 Å². The van der Waals surface area contributed by atoms with Crippen molar-refractivity contribution in [3.05, 3.63) is 83.1 Å². The van der Waals surface area contributed by atoms with Gasteiger partial charge < -0.3 is 0 Å². The normalized spacial score (nSPS) is 9.26. The van der Waals surface area contributed by atoms with Gasteiger partial charge in [-0.1, -0.05) is 24.3 Å². The maximum Gasteiger partial charge on any atom is 0.229 e. The molecule has 0 radical (unpaired) electrons. The fraction of sp³-hybridized carbons (Fsp3) is 0. The van der Waals surface area contributed by atoms with Crippen LogP contribution in [0.1, 0.15) is 16.2 Å². The zero-order valence-electron chi connectivity index (χ0n) is 10.1. The van der Waals surface area contributed by atoms with Crippen LogP contribution >= 0.6 is 11.3 Å². The Balaban J connectivity index is 0.000000224. The van der Waals surface area contributed by atoms with Crippen molar-refractivity contribution in [3.63, 3.8) is 0 Å². The second kappa shape index (κ2) is 7.18. The summed E-state index contributed by atoms with van der Waals surface area (Å²) in [6, 6.07) is 14.5. The van der Waals surface area contributed by atoms with Crippen LogP contribution < -0.4 is 0 Å². The largest absolute Gasteiger partial charge is 0.285 e. The number of ketones is 1. The number of pyridine rings is 2. The summed E-state index contributed by atoms with van der Waals surface area (Å²) in [5, 5.41) is 4.08. The Morgan fingerprint density at radius 1 is 0.789 bits per heavy atom. The van der Waals surface area contributed by atoms with E-state index in [4.69, 9.17) is 0 Å². The van der Waals surface area contributed by atoms with Gasteiger partial charge in [0.05, 0.1) is 0 Å². The van der Waals surface area contributed by atoms with E-state index in [2.05, 4.69) is 9.97 Å². The molecule has 0 fully saturated rings. The van der Waals surface area contributed by atoms with Crippen molar-refractivity contribution in [1.82, 2.24) is 9.97 Å². The molecular formula is C15H12N2OS. The fourth-order valence-electron chi connectivity index (χ4n) is 1.35. The molecule has 0 unspecified atom stereocenters. The molecule has 0 aromatic carbocycles. The number of nitrogens with zero attached hydrogens (tertiary/aromatic N) is 2. The lowest BCUT2D eigenvalue weighted by Gasteiger charge is -1.97. The molecule has 4 heteroatoms. The van der Waals surface area contributed by atoms with E-state index in [-0.39, 0.29) is 5.78 Å². The van der Waals surface area contributed by atoms with E-state index in [1.807, 2.05) is 22.9 Å². The molecule has 3 nitrogen and oxygen atoms in total. The molecule has 0 atom stereocenters. The SMILES string of the molecule is O=C(c1ccccn1)c1ccccn1.c1ccsc1. The molecule has 0 aliphatic rings. The first-order valence-electron chi connectivity index (χ1n) is 5.72. The highest BCUT2D eigenvalue weighted by Gasteiger charge is 2.09. The van der Waals surface area contributed by atoms with Gasteiger partial charge in [-0.2, -0.15) is 11.3 Å². The van der Waals surface area contributed by atoms with E-state index in [1.54, 1.807) is 60.1 Å². The van der Waals surface area contributed by atoms with Crippen molar-refractivity contribution < 1.29 is 4.79 Å². The molecule has 3 aromatic rings. The molecule has 0 spiro atoms. The van der Waals surface area contributed by atoms with Crippen molar-refractivity contribution in [2.24, 2.45) is 0 Å². The quantitative estimate of drug-likeness (QED) is 0.668. The highest BCUT2D eigenvalue weighted by atomic mass is 32.1. The van der Waals surface area contributed by atoms with Crippen LogP contribution in [0, 0.1) is 0 Å². The zero-order chi connectivity index (χ0) is 13.3. The van der Waals surface area contributed by atoms with Crippen LogP contribution in [0.4, 0.5) is 0 Å². The molecule has 0 saturated carbocycles. The zero-order valence-corrected chi connectivity index (χ0v) is 11.0. The van der Waals surface area contributed by atoms with E-state index < -0.39 is 0 Å². The smallest absolute Gasteiger partial charge is 0.229 e. The highest BCUT2D eigenvalue weighted by Crippen LogP contribution is 2.03. The topological polar surface area (TPSA) is 42.9 Å². The Labute approximate surface area is 115 Å². The van der Waals surface area contributed by atoms with Gasteiger partial charge in [-0.05, 0) is 35.0 Å². The highest BCUT2D eigenvalue weighted by molar-refractivity contribution is 7.07. The van der Waals surface area contributed by atoms with E-state index in [9.17, 15) is 4.79 Å². The number of rotatable bonds is 2. The lowest BCUT2D eigenvalue weighted by molar-refractivity contribution is 0.103. The Morgan fingerprint density at radius 3 is 1.63 bits per heavy atom. The minimum atomic E-state index is -0.147. The minimum Gasteiger partial charge on any atom is -0.285 e. The number of hydrogen-bond acceptors (Lipinski definition) is 4. The van der Waals surface area contributed by atoms with Crippen LogP contribution in [0.2, 0.25) is 0 Å². The van der Waals surface area contributed by atoms with Crippen LogP contribution in [0.3, 0.4) is 0 Å². The number of thiophene rings is 1. The van der Waals surface area contributed by atoms with E-state index in [1.165, 1.54) is 0 Å². The minimum absolute atomic E-state index is 0.147. The Bertz CT molecular complexity index is 536. The van der Waals surface area contributed by atoms with E-state index in [0.717, 1.165) is 0 Å². The summed E-state index contributed by atoms with van der Waals surface area (Å²) >= 11 is 1.71. The second-order valence-electron chi connectivity index (χ2n) is 3.55. The molecule has 19 heavy (non-hydrogen) atoms. The summed E-state index contributed by atoms with van der Waals surface area (Å²) in [6.45, 7) is 0. The number of carbonyl (C=O) groups excluding carboxylic acids is 1. The Kier molecular flexibility index (Phi) is 4.96. The average Bonchev–Trinajstić information content (AvgIpc) is 3.08. The molecule has 0 aliphatic carbocycles. The standard InChI is InChI=1S/C11H8N2O.C4H4S/c14-11(9-5-1-3-7-12-9)10-6-2-4-8-13-10;1-2-4-5-3-1/h1-8H;1-4H. The van der Waals surface area contributed by atoms with Gasteiger partial charge in [0.2, 0.25) is 5.78 Å². The second-order valence-corrected chi connectivity index (χ2v) is 4.37. The average molecular weight is 268 g/mol. The maximum absolute atomic E-state index is 11.7. The first-order valence-corrected chi connectivity index (χ1v) is 6.66. The van der Waals surface area contributed by atoms with Gasteiger partial charge in [0, 0.05) is 12.4 Å². The monoisotopic (exact) mass is 268 g/mol. The summed E-state index contributed by atoms with van der Waals surface area (Å²) in [4.78, 5) is 19.7. The number of carbonyl (C=O) groups is 1. The molecule has 0 bridgehead atoms. The molecule has 3 rings (SSSR count). The number of hydrogen-bond donors (Lipinski definition) is 0. The van der Waals surface area contributed by atoms with Gasteiger partial charge >= 0.3 is 0 Å². The van der Waals surface area contributed by atoms with Gasteiger partial charge in [-0.15, -0.1) is 0 Å². The molecule has 0 N–H and O–H groups in total. The van der Waals surface area contributed by atoms with E-state index in [0.29, 0.717) is 11.4 Å². The summed E-state index contributed by atoms with van der Waals surface area (Å²) in [5.74, 6) is -0.147. The van der Waals surface area contributed by atoms with Crippen molar-refractivity contribution in [1.29, 1.82) is 0 Å². The first-order chi connectivity index (χ1) is 9.38. The van der Waals surface area contributed by atoms with Crippen molar-refractivity contribution in [3.8, 4) is 0 Å². The summed E-state index contributed by atoms with van der Waals surface area (Å²) in [6.07, 6.45) is 3.19. The molecule has 0 amide bonds. The molecule has 94 valence electrons. The third-order valence-electron chi connectivity index (χ3n) is 2.22. The molecule has 0 aliphatic heterocycles. The van der Waals surface area contributed by atoms with Gasteiger partial charge in [0.1, 0.15) is 11.4 Å². The summed E-state index contributed by atoms with van der Waals surface area (Å²) in [5.41, 5.74) is 0.845. The van der Waals surface area contributed by atoms with Gasteiger partial charge in [-0.3, -0.25) is 14.8 Å². The third kappa shape index (κ3) is 4.12. The Hall–Kier alpha value is -2.33.